The first-order chi connectivity index (χ1) is 9.81. The molecule has 2 N–H and O–H groups in total. The number of carbonyl (C=O) groups is 1. The van der Waals surface area contributed by atoms with E-state index in [1.807, 2.05) is 20.1 Å². The van der Waals surface area contributed by atoms with Gasteiger partial charge in [0.25, 0.3) is 0 Å². The fourth-order valence-electron chi connectivity index (χ4n) is 1.91. The van der Waals surface area contributed by atoms with Gasteiger partial charge in [-0.05, 0) is 42.0 Å². The molecule has 0 aromatic heterocycles. The molecule has 0 aliphatic rings. The molecular weight excluding hydrogens is 310 g/mol. The van der Waals surface area contributed by atoms with E-state index in [-0.39, 0.29) is 16.4 Å². The smallest absolute Gasteiger partial charge is 0.336 e. The van der Waals surface area contributed by atoms with Crippen LogP contribution in [0.5, 0.6) is 0 Å². The van der Waals surface area contributed by atoms with E-state index in [0.29, 0.717) is 18.5 Å². The lowest BCUT2D eigenvalue weighted by Crippen LogP contribution is -2.29. The van der Waals surface area contributed by atoms with E-state index in [1.54, 1.807) is 17.8 Å². The third-order valence-corrected chi connectivity index (χ3v) is 5.40. The van der Waals surface area contributed by atoms with Gasteiger partial charge in [-0.3, -0.25) is 0 Å². The van der Waals surface area contributed by atoms with E-state index < -0.39 is 16.0 Å². The van der Waals surface area contributed by atoms with Gasteiger partial charge in [0.2, 0.25) is 10.0 Å². The number of carboxylic acid groups (broad SMARTS) is 1. The fourth-order valence-corrected chi connectivity index (χ4v) is 3.79. The van der Waals surface area contributed by atoms with Crippen LogP contribution in [0.1, 0.15) is 29.8 Å². The van der Waals surface area contributed by atoms with Crippen LogP contribution in [0.2, 0.25) is 0 Å². The summed E-state index contributed by atoms with van der Waals surface area (Å²) in [6.45, 7) is 4.13. The van der Waals surface area contributed by atoms with Crippen molar-refractivity contribution in [1.29, 1.82) is 0 Å². The number of aromatic carboxylic acids is 1. The molecule has 1 aromatic carbocycles. The summed E-state index contributed by atoms with van der Waals surface area (Å²) < 4.78 is 26.9. The summed E-state index contributed by atoms with van der Waals surface area (Å²) in [7, 11) is -3.68. The standard InChI is InChI=1S/C14H21NO4S2/c1-4-11-5-6-12(7-13(11)14(16)17)21(18,19)15-8-10(2)9-20-3/h5-7,10,15H,4,8-9H2,1-3H3,(H,16,17). The second kappa shape index (κ2) is 7.82. The first kappa shape index (κ1) is 18.0. The minimum Gasteiger partial charge on any atom is -0.478 e. The molecule has 0 saturated heterocycles. The van der Waals surface area contributed by atoms with Gasteiger partial charge in [0, 0.05) is 6.54 Å². The molecule has 0 amide bonds. The van der Waals surface area contributed by atoms with Crippen LogP contribution in [0.4, 0.5) is 0 Å². The van der Waals surface area contributed by atoms with E-state index in [4.69, 9.17) is 5.11 Å². The maximum absolute atomic E-state index is 12.2. The Morgan fingerprint density at radius 3 is 2.62 bits per heavy atom. The molecule has 1 unspecified atom stereocenters. The Kier molecular flexibility index (Phi) is 6.70. The number of aryl methyl sites for hydroxylation is 1. The first-order valence-corrected chi connectivity index (χ1v) is 9.54. The van der Waals surface area contributed by atoms with E-state index in [9.17, 15) is 13.2 Å². The van der Waals surface area contributed by atoms with Crippen molar-refractivity contribution in [3.63, 3.8) is 0 Å². The Morgan fingerprint density at radius 2 is 2.10 bits per heavy atom. The van der Waals surface area contributed by atoms with E-state index in [2.05, 4.69) is 4.72 Å². The lowest BCUT2D eigenvalue weighted by atomic mass is 10.1. The summed E-state index contributed by atoms with van der Waals surface area (Å²) in [5.41, 5.74) is 0.662. The van der Waals surface area contributed by atoms with Gasteiger partial charge in [-0.25, -0.2) is 17.9 Å². The molecule has 0 bridgehead atoms. The Bertz CT molecular complexity index is 599. The van der Waals surface area contributed by atoms with Gasteiger partial charge >= 0.3 is 5.97 Å². The third-order valence-electron chi connectivity index (χ3n) is 3.08. The summed E-state index contributed by atoms with van der Waals surface area (Å²) in [6, 6.07) is 4.24. The number of carboxylic acids is 1. The molecule has 118 valence electrons. The van der Waals surface area contributed by atoms with Crippen LogP contribution in [0, 0.1) is 5.92 Å². The maximum atomic E-state index is 12.2. The van der Waals surface area contributed by atoms with Gasteiger partial charge < -0.3 is 5.11 Å². The van der Waals surface area contributed by atoms with Gasteiger partial charge in [-0.15, -0.1) is 0 Å². The highest BCUT2D eigenvalue weighted by atomic mass is 32.2. The van der Waals surface area contributed by atoms with Crippen LogP contribution < -0.4 is 4.72 Å². The van der Waals surface area contributed by atoms with Crippen molar-refractivity contribution in [2.75, 3.05) is 18.6 Å². The molecule has 7 heteroatoms. The van der Waals surface area contributed by atoms with Crippen LogP contribution >= 0.6 is 11.8 Å². The van der Waals surface area contributed by atoms with Crippen LogP contribution in [0.3, 0.4) is 0 Å². The highest BCUT2D eigenvalue weighted by Crippen LogP contribution is 2.17. The van der Waals surface area contributed by atoms with E-state index in [0.717, 1.165) is 5.75 Å². The van der Waals surface area contributed by atoms with Crippen LogP contribution in [-0.2, 0) is 16.4 Å². The number of hydrogen-bond donors (Lipinski definition) is 2. The summed E-state index contributed by atoms with van der Waals surface area (Å²) in [5.74, 6) is -0.0409. The summed E-state index contributed by atoms with van der Waals surface area (Å²) in [4.78, 5) is 11.2. The molecule has 1 atom stereocenters. The number of thioether (sulfide) groups is 1. The lowest BCUT2D eigenvalue weighted by Gasteiger charge is -2.13. The monoisotopic (exact) mass is 331 g/mol. The van der Waals surface area contributed by atoms with Gasteiger partial charge in [0.15, 0.2) is 0 Å². The Morgan fingerprint density at radius 1 is 1.43 bits per heavy atom. The maximum Gasteiger partial charge on any atom is 0.336 e. The predicted molar refractivity (Wildman–Crippen MR) is 85.5 cm³/mol. The van der Waals surface area contributed by atoms with E-state index >= 15 is 0 Å². The van der Waals surface area contributed by atoms with Crippen molar-refractivity contribution in [3.8, 4) is 0 Å². The van der Waals surface area contributed by atoms with Crippen molar-refractivity contribution in [3.05, 3.63) is 29.3 Å². The number of benzene rings is 1. The summed E-state index contributed by atoms with van der Waals surface area (Å²) in [5, 5.41) is 9.16. The highest BCUT2D eigenvalue weighted by molar-refractivity contribution is 7.98. The molecule has 0 aliphatic heterocycles. The Hall–Kier alpha value is -1.05. The molecule has 0 spiro atoms. The molecule has 0 saturated carbocycles. The molecule has 0 fully saturated rings. The fraction of sp³-hybridized carbons (Fsp3) is 0.500. The number of hydrogen-bond acceptors (Lipinski definition) is 4. The number of rotatable bonds is 8. The minimum absolute atomic E-state index is 0.00606. The molecule has 0 aliphatic carbocycles. The van der Waals surface area contributed by atoms with Crippen LogP contribution in [0.25, 0.3) is 0 Å². The quantitative estimate of drug-likeness (QED) is 0.763. The van der Waals surface area contributed by atoms with Gasteiger partial charge in [0.1, 0.15) is 0 Å². The summed E-state index contributed by atoms with van der Waals surface area (Å²) >= 11 is 1.65. The SMILES string of the molecule is CCc1ccc(S(=O)(=O)NCC(C)CSC)cc1C(=O)O. The van der Waals surface area contributed by atoms with Crippen molar-refractivity contribution < 1.29 is 18.3 Å². The second-order valence-corrected chi connectivity index (χ2v) is 7.57. The average Bonchev–Trinajstić information content (AvgIpc) is 2.44. The van der Waals surface area contributed by atoms with Crippen molar-refractivity contribution in [1.82, 2.24) is 4.72 Å². The predicted octanol–water partition coefficient (Wildman–Crippen LogP) is 2.22. The Balaban J connectivity index is 2.98. The third kappa shape index (κ3) is 5.01. The zero-order chi connectivity index (χ0) is 16.0. The lowest BCUT2D eigenvalue weighted by molar-refractivity contribution is 0.0695. The first-order valence-electron chi connectivity index (χ1n) is 6.66. The molecular formula is C14H21NO4S2. The molecule has 1 aromatic rings. The molecule has 5 nitrogen and oxygen atoms in total. The van der Waals surface area contributed by atoms with Crippen LogP contribution in [0.15, 0.2) is 23.1 Å². The minimum atomic E-state index is -3.68. The second-order valence-electron chi connectivity index (χ2n) is 4.89. The van der Waals surface area contributed by atoms with Gasteiger partial charge in [-0.1, -0.05) is 19.9 Å². The molecule has 0 heterocycles. The van der Waals surface area contributed by atoms with Crippen molar-refractivity contribution >= 4 is 27.8 Å². The Labute approximate surface area is 130 Å². The average molecular weight is 331 g/mol. The largest absolute Gasteiger partial charge is 0.478 e. The van der Waals surface area contributed by atoms with Crippen LogP contribution in [-0.4, -0.2) is 38.0 Å². The van der Waals surface area contributed by atoms with Gasteiger partial charge in [-0.2, -0.15) is 11.8 Å². The topological polar surface area (TPSA) is 83.5 Å². The molecule has 1 rings (SSSR count). The van der Waals surface area contributed by atoms with Gasteiger partial charge in [0.05, 0.1) is 10.5 Å². The van der Waals surface area contributed by atoms with Crippen molar-refractivity contribution in [2.45, 2.75) is 25.2 Å². The highest BCUT2D eigenvalue weighted by Gasteiger charge is 2.18. The van der Waals surface area contributed by atoms with E-state index in [1.165, 1.54) is 12.1 Å². The van der Waals surface area contributed by atoms with Crippen molar-refractivity contribution in [2.24, 2.45) is 5.92 Å². The zero-order valence-electron chi connectivity index (χ0n) is 12.4. The number of nitrogens with one attached hydrogen (secondary N) is 1. The summed E-state index contributed by atoms with van der Waals surface area (Å²) in [6.07, 6.45) is 2.51. The molecule has 0 radical (unpaired) electrons. The molecule has 21 heavy (non-hydrogen) atoms. The normalized spacial score (nSPS) is 13.1. The number of sulfonamides is 1. The zero-order valence-corrected chi connectivity index (χ0v) is 14.1.